The van der Waals surface area contributed by atoms with Crippen LogP contribution in [0.5, 0.6) is 0 Å². The van der Waals surface area contributed by atoms with Gasteiger partial charge in [0.25, 0.3) is 0 Å². The van der Waals surface area contributed by atoms with Crippen LogP contribution in [-0.2, 0) is 14.3 Å². The number of ether oxygens (including phenoxy) is 1. The van der Waals surface area contributed by atoms with Crippen LogP contribution in [0.2, 0.25) is 0 Å². The molecule has 2 unspecified atom stereocenters. The Kier molecular flexibility index (Phi) is 4.96. The van der Waals surface area contributed by atoms with Crippen LogP contribution in [0, 0.1) is 0 Å². The molecule has 0 saturated carbocycles. The van der Waals surface area contributed by atoms with Crippen molar-refractivity contribution in [2.75, 3.05) is 13.2 Å². The number of rotatable bonds is 4. The zero-order valence-corrected chi connectivity index (χ0v) is 16.0. The summed E-state index contributed by atoms with van der Waals surface area (Å²) in [6.45, 7) is 2.10. The van der Waals surface area contributed by atoms with Gasteiger partial charge in [0.2, 0.25) is 5.91 Å². The summed E-state index contributed by atoms with van der Waals surface area (Å²) in [7, 11) is 0. The van der Waals surface area contributed by atoms with E-state index in [4.69, 9.17) is 9.84 Å². The second-order valence-corrected chi connectivity index (χ2v) is 7.48. The van der Waals surface area contributed by atoms with E-state index in [-0.39, 0.29) is 25.1 Å². The average Bonchev–Trinajstić information content (AvgIpc) is 3.02. The van der Waals surface area contributed by atoms with Gasteiger partial charge in [0.15, 0.2) is 0 Å². The minimum absolute atomic E-state index is 0.0969. The van der Waals surface area contributed by atoms with E-state index in [1.165, 1.54) is 4.90 Å². The number of nitrogens with zero attached hydrogens (tertiary/aromatic N) is 1. The molecule has 2 atom stereocenters. The van der Waals surface area contributed by atoms with Crippen molar-refractivity contribution < 1.29 is 24.2 Å². The Balaban J connectivity index is 1.53. The molecule has 2 aromatic carbocycles. The third kappa shape index (κ3) is 3.55. The van der Waals surface area contributed by atoms with E-state index in [2.05, 4.69) is 17.4 Å². The van der Waals surface area contributed by atoms with Crippen LogP contribution in [-0.4, -0.2) is 53.2 Å². The molecule has 7 nitrogen and oxygen atoms in total. The standard InChI is InChI=1S/C22H22N2O5/c1-13-11-24(19(10-20(25)26)21(27)23-13)22(28)29-12-18-16-8-4-2-6-14(16)15-7-3-5-9-17(15)18/h2-9,13,18-19H,10-12H2,1H3,(H,23,27)(H,25,26). The van der Waals surface area contributed by atoms with Crippen LogP contribution in [0.15, 0.2) is 48.5 Å². The Hall–Kier alpha value is -3.35. The topological polar surface area (TPSA) is 95.9 Å². The lowest BCUT2D eigenvalue weighted by Crippen LogP contribution is -2.61. The second-order valence-electron chi connectivity index (χ2n) is 7.48. The van der Waals surface area contributed by atoms with Gasteiger partial charge in [0.05, 0.1) is 6.42 Å². The lowest BCUT2D eigenvalue weighted by Gasteiger charge is -2.37. The number of carbonyl (C=O) groups excluding carboxylic acids is 2. The summed E-state index contributed by atoms with van der Waals surface area (Å²) in [6.07, 6.45) is -1.12. The lowest BCUT2D eigenvalue weighted by molar-refractivity contribution is -0.143. The number of fused-ring (bicyclic) bond motifs is 3. The van der Waals surface area contributed by atoms with Gasteiger partial charge in [0.1, 0.15) is 12.6 Å². The fourth-order valence-corrected chi connectivity index (χ4v) is 4.20. The maximum absolute atomic E-state index is 12.8. The first-order valence-corrected chi connectivity index (χ1v) is 9.59. The molecule has 29 heavy (non-hydrogen) atoms. The van der Waals surface area contributed by atoms with Gasteiger partial charge in [-0.05, 0) is 29.2 Å². The molecule has 2 amide bonds. The van der Waals surface area contributed by atoms with E-state index >= 15 is 0 Å². The summed E-state index contributed by atoms with van der Waals surface area (Å²) >= 11 is 0. The smallest absolute Gasteiger partial charge is 0.410 e. The Morgan fingerprint density at radius 1 is 1.10 bits per heavy atom. The van der Waals surface area contributed by atoms with Gasteiger partial charge in [-0.1, -0.05) is 48.5 Å². The zero-order chi connectivity index (χ0) is 20.5. The Labute approximate surface area is 168 Å². The molecule has 7 heteroatoms. The van der Waals surface area contributed by atoms with Crippen molar-refractivity contribution in [2.24, 2.45) is 0 Å². The number of nitrogens with one attached hydrogen (secondary N) is 1. The lowest BCUT2D eigenvalue weighted by atomic mass is 9.98. The largest absolute Gasteiger partial charge is 0.481 e. The Morgan fingerprint density at radius 2 is 1.69 bits per heavy atom. The molecule has 1 aliphatic carbocycles. The monoisotopic (exact) mass is 394 g/mol. The number of hydrogen-bond donors (Lipinski definition) is 2. The number of amides is 2. The van der Waals surface area contributed by atoms with Gasteiger partial charge in [-0.2, -0.15) is 0 Å². The van der Waals surface area contributed by atoms with Crippen molar-refractivity contribution in [3.05, 3.63) is 59.7 Å². The fourth-order valence-electron chi connectivity index (χ4n) is 4.20. The maximum Gasteiger partial charge on any atom is 0.410 e. The summed E-state index contributed by atoms with van der Waals surface area (Å²) in [5.74, 6) is -1.71. The normalized spacial score (nSPS) is 20.6. The quantitative estimate of drug-likeness (QED) is 0.831. The fraction of sp³-hybridized carbons (Fsp3) is 0.318. The number of benzene rings is 2. The van der Waals surface area contributed by atoms with E-state index in [1.807, 2.05) is 36.4 Å². The number of carbonyl (C=O) groups is 3. The van der Waals surface area contributed by atoms with Crippen molar-refractivity contribution in [2.45, 2.75) is 31.3 Å². The van der Waals surface area contributed by atoms with Crippen LogP contribution < -0.4 is 5.32 Å². The van der Waals surface area contributed by atoms with Crippen LogP contribution in [0.3, 0.4) is 0 Å². The van der Waals surface area contributed by atoms with Gasteiger partial charge in [-0.25, -0.2) is 4.79 Å². The SMILES string of the molecule is CC1CN(C(=O)OCC2c3ccccc3-c3ccccc32)C(CC(=O)O)C(=O)N1. The molecule has 1 heterocycles. The highest BCUT2D eigenvalue weighted by molar-refractivity contribution is 5.90. The molecule has 150 valence electrons. The number of hydrogen-bond acceptors (Lipinski definition) is 4. The Morgan fingerprint density at radius 3 is 2.28 bits per heavy atom. The highest BCUT2D eigenvalue weighted by Gasteiger charge is 2.39. The van der Waals surface area contributed by atoms with Gasteiger partial charge >= 0.3 is 12.1 Å². The van der Waals surface area contributed by atoms with Crippen molar-refractivity contribution in [1.29, 1.82) is 0 Å². The molecular weight excluding hydrogens is 372 g/mol. The third-order valence-corrected chi connectivity index (χ3v) is 5.48. The molecule has 2 aliphatic rings. The highest BCUT2D eigenvalue weighted by Crippen LogP contribution is 2.44. The molecule has 0 spiro atoms. The molecule has 2 N–H and O–H groups in total. The minimum Gasteiger partial charge on any atom is -0.481 e. The summed E-state index contributed by atoms with van der Waals surface area (Å²) < 4.78 is 5.60. The van der Waals surface area contributed by atoms with Crippen LogP contribution in [0.4, 0.5) is 4.79 Å². The summed E-state index contributed by atoms with van der Waals surface area (Å²) in [6, 6.07) is 14.7. The van der Waals surface area contributed by atoms with Gasteiger partial charge in [0, 0.05) is 18.5 Å². The molecule has 1 saturated heterocycles. The van der Waals surface area contributed by atoms with Crippen molar-refractivity contribution in [3.63, 3.8) is 0 Å². The van der Waals surface area contributed by atoms with E-state index in [0.717, 1.165) is 22.3 Å². The predicted octanol–water partition coefficient (Wildman–Crippen LogP) is 2.60. The average molecular weight is 394 g/mol. The maximum atomic E-state index is 12.8. The number of carboxylic acid groups (broad SMARTS) is 1. The highest BCUT2D eigenvalue weighted by atomic mass is 16.6. The predicted molar refractivity (Wildman–Crippen MR) is 105 cm³/mol. The van der Waals surface area contributed by atoms with Gasteiger partial charge in [-0.15, -0.1) is 0 Å². The third-order valence-electron chi connectivity index (χ3n) is 5.48. The molecule has 0 radical (unpaired) electrons. The van der Waals surface area contributed by atoms with Gasteiger partial charge in [-0.3, -0.25) is 14.5 Å². The summed E-state index contributed by atoms with van der Waals surface area (Å²) in [5.41, 5.74) is 4.43. The molecule has 1 aliphatic heterocycles. The van der Waals surface area contributed by atoms with Crippen LogP contribution in [0.25, 0.3) is 11.1 Å². The molecule has 4 rings (SSSR count). The molecule has 2 aromatic rings. The first-order chi connectivity index (χ1) is 14.0. The second kappa shape index (κ2) is 7.58. The van der Waals surface area contributed by atoms with E-state index in [9.17, 15) is 14.4 Å². The number of carboxylic acids is 1. The molecule has 0 aromatic heterocycles. The van der Waals surface area contributed by atoms with Crippen LogP contribution >= 0.6 is 0 Å². The first kappa shape index (κ1) is 19.0. The van der Waals surface area contributed by atoms with Crippen molar-refractivity contribution >= 4 is 18.0 Å². The van der Waals surface area contributed by atoms with Gasteiger partial charge < -0.3 is 15.2 Å². The summed E-state index contributed by atoms with van der Waals surface area (Å²) in [5, 5.41) is 11.8. The van der Waals surface area contributed by atoms with E-state index in [0.29, 0.717) is 0 Å². The molecular formula is C22H22N2O5. The minimum atomic E-state index is -1.14. The van der Waals surface area contributed by atoms with Crippen LogP contribution in [0.1, 0.15) is 30.4 Å². The number of aliphatic carboxylic acids is 1. The Bertz CT molecular complexity index is 928. The van der Waals surface area contributed by atoms with Crippen molar-refractivity contribution in [3.8, 4) is 11.1 Å². The van der Waals surface area contributed by atoms with E-state index < -0.39 is 30.4 Å². The molecule has 0 bridgehead atoms. The summed E-state index contributed by atoms with van der Waals surface area (Å²) in [4.78, 5) is 37.4. The zero-order valence-electron chi connectivity index (χ0n) is 16.0. The molecule has 1 fully saturated rings. The van der Waals surface area contributed by atoms with E-state index in [1.54, 1.807) is 6.92 Å². The van der Waals surface area contributed by atoms with Crippen molar-refractivity contribution in [1.82, 2.24) is 10.2 Å². The first-order valence-electron chi connectivity index (χ1n) is 9.59. The number of piperazine rings is 1.